The van der Waals surface area contributed by atoms with Gasteiger partial charge >= 0.3 is 0 Å². The molecule has 0 radical (unpaired) electrons. The third kappa shape index (κ3) is 8.58. The van der Waals surface area contributed by atoms with E-state index in [9.17, 15) is 4.79 Å². The van der Waals surface area contributed by atoms with E-state index >= 15 is 0 Å². The van der Waals surface area contributed by atoms with Crippen LogP contribution in [0.1, 0.15) is 32.1 Å². The van der Waals surface area contributed by atoms with Gasteiger partial charge in [-0.15, -0.1) is 12.4 Å². The van der Waals surface area contributed by atoms with Gasteiger partial charge in [-0.2, -0.15) is 0 Å². The minimum atomic E-state index is 0. The standard InChI is InChI=1S/C17H25BrN2O2.ClH/c18-15-4-6-16(7-5-15)22-12-2-1-3-17(21)20-11-9-14-8-10-19-13-14;/h4-7,14,19H,1-3,8-13H2,(H,20,21);1H. The zero-order valence-corrected chi connectivity index (χ0v) is 15.8. The van der Waals surface area contributed by atoms with Crippen LogP contribution in [0.5, 0.6) is 5.75 Å². The first kappa shape index (κ1) is 20.3. The molecule has 0 aromatic heterocycles. The minimum Gasteiger partial charge on any atom is -0.494 e. The average Bonchev–Trinajstić information content (AvgIpc) is 3.02. The second-order valence-corrected chi connectivity index (χ2v) is 6.67. The van der Waals surface area contributed by atoms with Crippen LogP contribution in [0.3, 0.4) is 0 Å². The molecule has 0 saturated carbocycles. The molecule has 4 nitrogen and oxygen atoms in total. The smallest absolute Gasteiger partial charge is 0.219 e. The zero-order valence-electron chi connectivity index (χ0n) is 13.4. The third-order valence-corrected chi connectivity index (χ3v) is 4.45. The highest BCUT2D eigenvalue weighted by Gasteiger charge is 2.13. The van der Waals surface area contributed by atoms with Crippen LogP contribution in [0, 0.1) is 5.92 Å². The van der Waals surface area contributed by atoms with E-state index in [2.05, 4.69) is 26.6 Å². The van der Waals surface area contributed by atoms with Gasteiger partial charge < -0.3 is 15.4 Å². The fraction of sp³-hybridized carbons (Fsp3) is 0.588. The van der Waals surface area contributed by atoms with Crippen molar-refractivity contribution >= 4 is 34.2 Å². The first-order valence-corrected chi connectivity index (χ1v) is 8.89. The van der Waals surface area contributed by atoms with Crippen LogP contribution < -0.4 is 15.4 Å². The lowest BCUT2D eigenvalue weighted by atomic mass is 10.1. The van der Waals surface area contributed by atoms with Crippen molar-refractivity contribution in [1.29, 1.82) is 0 Å². The van der Waals surface area contributed by atoms with Gasteiger partial charge in [-0.3, -0.25) is 4.79 Å². The number of ether oxygens (including phenoxy) is 1. The summed E-state index contributed by atoms with van der Waals surface area (Å²) in [7, 11) is 0. The van der Waals surface area contributed by atoms with E-state index in [4.69, 9.17) is 4.74 Å². The highest BCUT2D eigenvalue weighted by molar-refractivity contribution is 9.10. The van der Waals surface area contributed by atoms with Crippen molar-refractivity contribution in [2.45, 2.75) is 32.1 Å². The Hall–Kier alpha value is -0.780. The molecule has 130 valence electrons. The minimum absolute atomic E-state index is 0. The van der Waals surface area contributed by atoms with Crippen LogP contribution in [0.15, 0.2) is 28.7 Å². The van der Waals surface area contributed by atoms with Crippen molar-refractivity contribution in [3.63, 3.8) is 0 Å². The second-order valence-electron chi connectivity index (χ2n) is 5.76. The van der Waals surface area contributed by atoms with E-state index in [0.717, 1.165) is 55.0 Å². The summed E-state index contributed by atoms with van der Waals surface area (Å²) in [6.45, 7) is 3.68. The van der Waals surface area contributed by atoms with Crippen molar-refractivity contribution in [2.75, 3.05) is 26.2 Å². The number of rotatable bonds is 9. The van der Waals surface area contributed by atoms with E-state index in [0.29, 0.717) is 13.0 Å². The van der Waals surface area contributed by atoms with Crippen LogP contribution in [0.2, 0.25) is 0 Å². The quantitative estimate of drug-likeness (QED) is 0.618. The van der Waals surface area contributed by atoms with E-state index < -0.39 is 0 Å². The Bertz CT molecular complexity index is 450. The Morgan fingerprint density at radius 3 is 2.78 bits per heavy atom. The molecule has 1 amide bonds. The third-order valence-electron chi connectivity index (χ3n) is 3.92. The number of amides is 1. The van der Waals surface area contributed by atoms with Crippen molar-refractivity contribution < 1.29 is 9.53 Å². The molecule has 1 atom stereocenters. The molecule has 2 N–H and O–H groups in total. The van der Waals surface area contributed by atoms with Gasteiger partial charge in [-0.1, -0.05) is 15.9 Å². The van der Waals surface area contributed by atoms with Crippen molar-refractivity contribution in [3.05, 3.63) is 28.7 Å². The molecule has 23 heavy (non-hydrogen) atoms. The molecule has 1 aromatic carbocycles. The van der Waals surface area contributed by atoms with Crippen molar-refractivity contribution in [3.8, 4) is 5.75 Å². The summed E-state index contributed by atoms with van der Waals surface area (Å²) in [5.74, 6) is 1.77. The first-order chi connectivity index (χ1) is 10.7. The molecule has 0 spiro atoms. The normalized spacial score (nSPS) is 16.7. The molecular weight excluding hydrogens is 380 g/mol. The van der Waals surface area contributed by atoms with Gasteiger partial charge in [0.25, 0.3) is 0 Å². The van der Waals surface area contributed by atoms with Crippen LogP contribution in [-0.4, -0.2) is 32.1 Å². The Balaban J connectivity index is 0.00000264. The molecule has 1 unspecified atom stereocenters. The first-order valence-electron chi connectivity index (χ1n) is 8.10. The zero-order chi connectivity index (χ0) is 15.6. The summed E-state index contributed by atoms with van der Waals surface area (Å²) in [6, 6.07) is 7.80. The Kier molecular flexibility index (Phi) is 10.3. The number of carbonyl (C=O) groups is 1. The maximum atomic E-state index is 11.7. The molecule has 1 saturated heterocycles. The second kappa shape index (κ2) is 11.7. The summed E-state index contributed by atoms with van der Waals surface area (Å²) in [5.41, 5.74) is 0. The molecule has 1 aliphatic heterocycles. The molecular formula is C17H26BrClN2O2. The van der Waals surface area contributed by atoms with E-state index in [1.165, 1.54) is 6.42 Å². The number of nitrogens with one attached hydrogen (secondary N) is 2. The van der Waals surface area contributed by atoms with E-state index in [-0.39, 0.29) is 18.3 Å². The molecule has 0 aliphatic carbocycles. The molecule has 1 aliphatic rings. The van der Waals surface area contributed by atoms with E-state index in [1.807, 2.05) is 24.3 Å². The highest BCUT2D eigenvalue weighted by Crippen LogP contribution is 2.16. The molecule has 1 fully saturated rings. The molecule has 0 bridgehead atoms. The van der Waals surface area contributed by atoms with Crippen LogP contribution >= 0.6 is 28.3 Å². The van der Waals surface area contributed by atoms with Gasteiger partial charge in [0.2, 0.25) is 5.91 Å². The van der Waals surface area contributed by atoms with Crippen molar-refractivity contribution in [1.82, 2.24) is 10.6 Å². The monoisotopic (exact) mass is 404 g/mol. The fourth-order valence-corrected chi connectivity index (χ4v) is 2.84. The van der Waals surface area contributed by atoms with Gasteiger partial charge in [0.1, 0.15) is 5.75 Å². The number of carbonyl (C=O) groups excluding carboxylic acids is 1. The fourth-order valence-electron chi connectivity index (χ4n) is 2.57. The number of halogens is 2. The highest BCUT2D eigenvalue weighted by atomic mass is 79.9. The van der Waals surface area contributed by atoms with Crippen LogP contribution in [-0.2, 0) is 4.79 Å². The van der Waals surface area contributed by atoms with Gasteiger partial charge in [0, 0.05) is 17.4 Å². The molecule has 2 rings (SSSR count). The average molecular weight is 406 g/mol. The summed E-state index contributed by atoms with van der Waals surface area (Å²) in [4.78, 5) is 11.7. The van der Waals surface area contributed by atoms with Gasteiger partial charge in [0.15, 0.2) is 0 Å². The maximum absolute atomic E-state index is 11.7. The van der Waals surface area contributed by atoms with Crippen LogP contribution in [0.25, 0.3) is 0 Å². The lowest BCUT2D eigenvalue weighted by molar-refractivity contribution is -0.121. The Morgan fingerprint density at radius 1 is 1.30 bits per heavy atom. The lowest BCUT2D eigenvalue weighted by Gasteiger charge is -2.09. The van der Waals surface area contributed by atoms with Crippen molar-refractivity contribution in [2.24, 2.45) is 5.92 Å². The van der Waals surface area contributed by atoms with Gasteiger partial charge in [0.05, 0.1) is 6.61 Å². The van der Waals surface area contributed by atoms with Crippen LogP contribution in [0.4, 0.5) is 0 Å². The maximum Gasteiger partial charge on any atom is 0.219 e. The van der Waals surface area contributed by atoms with E-state index in [1.54, 1.807) is 0 Å². The number of hydrogen-bond acceptors (Lipinski definition) is 3. The number of hydrogen-bond donors (Lipinski definition) is 2. The SMILES string of the molecule is Cl.O=C(CCCCOc1ccc(Br)cc1)NCCC1CCNC1. The summed E-state index contributed by atoms with van der Waals surface area (Å²) < 4.78 is 6.68. The number of unbranched alkanes of at least 4 members (excludes halogenated alkanes) is 1. The van der Waals surface area contributed by atoms with Gasteiger partial charge in [-0.05, 0) is 69.0 Å². The predicted octanol–water partition coefficient (Wildman–Crippen LogP) is 3.54. The summed E-state index contributed by atoms with van der Waals surface area (Å²) >= 11 is 3.39. The largest absolute Gasteiger partial charge is 0.494 e. The molecule has 6 heteroatoms. The molecule has 1 heterocycles. The van der Waals surface area contributed by atoms with Gasteiger partial charge in [-0.25, -0.2) is 0 Å². The topological polar surface area (TPSA) is 50.4 Å². The predicted molar refractivity (Wildman–Crippen MR) is 99.3 cm³/mol. The number of benzene rings is 1. The summed E-state index contributed by atoms with van der Waals surface area (Å²) in [5, 5.41) is 6.36. The Labute approximate surface area is 153 Å². The molecule has 1 aromatic rings. The summed E-state index contributed by atoms with van der Waals surface area (Å²) in [6.07, 6.45) is 4.69. The Morgan fingerprint density at radius 2 is 2.09 bits per heavy atom. The lowest BCUT2D eigenvalue weighted by Crippen LogP contribution is -2.26.